The summed E-state index contributed by atoms with van der Waals surface area (Å²) in [6, 6.07) is 20.7. The van der Waals surface area contributed by atoms with E-state index in [2.05, 4.69) is 0 Å². The zero-order valence-corrected chi connectivity index (χ0v) is 14.3. The highest BCUT2D eigenvalue weighted by Crippen LogP contribution is 2.27. The number of fused-ring (bicyclic) bond motifs is 1. The van der Waals surface area contributed by atoms with Crippen molar-refractivity contribution in [3.63, 3.8) is 0 Å². The van der Waals surface area contributed by atoms with Gasteiger partial charge in [-0.2, -0.15) is 0 Å². The Balaban J connectivity index is 1.92. The van der Waals surface area contributed by atoms with Crippen molar-refractivity contribution in [3.05, 3.63) is 83.9 Å². The van der Waals surface area contributed by atoms with Crippen molar-refractivity contribution in [2.45, 2.75) is 0 Å². The number of hydrogen-bond acceptors (Lipinski definition) is 4. The molecule has 0 radical (unpaired) electrons. The molecule has 3 aromatic carbocycles. The summed E-state index contributed by atoms with van der Waals surface area (Å²) in [7, 11) is 1.33. The molecule has 0 aliphatic rings. The Morgan fingerprint density at radius 2 is 1.69 bits per heavy atom. The number of rotatable bonds is 6. The lowest BCUT2D eigenvalue weighted by Gasteiger charge is -2.13. The summed E-state index contributed by atoms with van der Waals surface area (Å²) in [5.74, 6) is 0.0203. The van der Waals surface area contributed by atoms with Crippen molar-refractivity contribution in [2.75, 3.05) is 13.7 Å². The van der Waals surface area contributed by atoms with Gasteiger partial charge in [0, 0.05) is 11.6 Å². The maximum Gasteiger partial charge on any atom is 0.330 e. The first-order valence-electron chi connectivity index (χ1n) is 8.16. The number of ether oxygens (including phenoxy) is 2. The van der Waals surface area contributed by atoms with Crippen molar-refractivity contribution in [1.29, 1.82) is 0 Å². The minimum atomic E-state index is -0.457. The third kappa shape index (κ3) is 3.81. The van der Waals surface area contributed by atoms with Gasteiger partial charge in [-0.25, -0.2) is 4.79 Å². The molecule has 4 heteroatoms. The molecule has 130 valence electrons. The second kappa shape index (κ2) is 8.12. The summed E-state index contributed by atoms with van der Waals surface area (Å²) < 4.78 is 10.6. The highest BCUT2D eigenvalue weighted by atomic mass is 16.5. The Morgan fingerprint density at radius 3 is 2.42 bits per heavy atom. The Bertz CT molecular complexity index is 958. The quantitative estimate of drug-likeness (QED) is 0.380. The second-order valence-electron chi connectivity index (χ2n) is 5.66. The predicted octanol–water partition coefficient (Wildman–Crippen LogP) is 4.29. The van der Waals surface area contributed by atoms with Gasteiger partial charge in [0.25, 0.3) is 0 Å². The van der Waals surface area contributed by atoms with Crippen LogP contribution in [0.4, 0.5) is 0 Å². The minimum Gasteiger partial charge on any atom is -0.488 e. The topological polar surface area (TPSA) is 52.6 Å². The molecule has 0 N–H and O–H groups in total. The molecule has 3 rings (SSSR count). The highest BCUT2D eigenvalue weighted by molar-refractivity contribution is 6.01. The van der Waals surface area contributed by atoms with Crippen LogP contribution in [0.3, 0.4) is 0 Å². The van der Waals surface area contributed by atoms with E-state index in [-0.39, 0.29) is 6.61 Å². The number of carbonyl (C=O) groups excluding carboxylic acids is 2. The van der Waals surface area contributed by atoms with E-state index in [1.54, 1.807) is 6.07 Å². The van der Waals surface area contributed by atoms with Gasteiger partial charge in [-0.15, -0.1) is 0 Å². The van der Waals surface area contributed by atoms with Crippen LogP contribution in [-0.4, -0.2) is 26.0 Å². The molecule has 0 saturated heterocycles. The van der Waals surface area contributed by atoms with Crippen LogP contribution >= 0.6 is 0 Å². The van der Waals surface area contributed by atoms with E-state index in [1.807, 2.05) is 60.7 Å². The molecule has 4 nitrogen and oxygen atoms in total. The zero-order valence-electron chi connectivity index (χ0n) is 14.3. The van der Waals surface area contributed by atoms with E-state index in [4.69, 9.17) is 9.47 Å². The van der Waals surface area contributed by atoms with Gasteiger partial charge in [-0.1, -0.05) is 60.7 Å². The van der Waals surface area contributed by atoms with Crippen LogP contribution in [0.1, 0.15) is 15.9 Å². The van der Waals surface area contributed by atoms with Gasteiger partial charge in [-0.05, 0) is 22.4 Å². The van der Waals surface area contributed by atoms with E-state index in [0.29, 0.717) is 16.9 Å². The fourth-order valence-electron chi connectivity index (χ4n) is 2.74. The number of esters is 1. The maximum atomic E-state index is 11.7. The summed E-state index contributed by atoms with van der Waals surface area (Å²) in [5.41, 5.74) is 2.02. The molecule has 0 aliphatic heterocycles. The van der Waals surface area contributed by atoms with Crippen molar-refractivity contribution in [3.8, 4) is 5.75 Å². The zero-order chi connectivity index (χ0) is 18.4. The van der Waals surface area contributed by atoms with E-state index < -0.39 is 5.97 Å². The molecule has 0 aromatic heterocycles. The molecule has 26 heavy (non-hydrogen) atoms. The van der Waals surface area contributed by atoms with Gasteiger partial charge < -0.3 is 9.47 Å². The number of hydrogen-bond donors (Lipinski definition) is 0. The van der Waals surface area contributed by atoms with Gasteiger partial charge in [-0.3, -0.25) is 4.79 Å². The molecular weight excluding hydrogens is 328 g/mol. The van der Waals surface area contributed by atoms with Crippen molar-refractivity contribution in [1.82, 2.24) is 0 Å². The molecule has 3 aromatic rings. The lowest BCUT2D eigenvalue weighted by atomic mass is 10.0. The minimum absolute atomic E-state index is 0.137. The van der Waals surface area contributed by atoms with Crippen molar-refractivity contribution < 1.29 is 19.1 Å². The molecule has 0 heterocycles. The monoisotopic (exact) mass is 346 g/mol. The number of aldehydes is 1. The van der Waals surface area contributed by atoms with Crippen LogP contribution in [-0.2, 0) is 9.53 Å². The Labute approximate surface area is 151 Å². The van der Waals surface area contributed by atoms with Crippen LogP contribution in [0.15, 0.2) is 72.8 Å². The molecule has 0 amide bonds. The fourth-order valence-corrected chi connectivity index (χ4v) is 2.74. The molecule has 0 saturated carbocycles. The lowest BCUT2D eigenvalue weighted by Crippen LogP contribution is -2.06. The number of benzene rings is 3. The Hall–Kier alpha value is -3.40. The Morgan fingerprint density at radius 1 is 0.962 bits per heavy atom. The van der Waals surface area contributed by atoms with Crippen molar-refractivity contribution in [2.24, 2.45) is 0 Å². The summed E-state index contributed by atoms with van der Waals surface area (Å²) in [4.78, 5) is 23.3. The molecule has 0 bridgehead atoms. The van der Waals surface area contributed by atoms with Crippen LogP contribution in [0.5, 0.6) is 5.75 Å². The second-order valence-corrected chi connectivity index (χ2v) is 5.66. The normalized spacial score (nSPS) is 11.2. The Kier molecular flexibility index (Phi) is 5.44. The van der Waals surface area contributed by atoms with Crippen molar-refractivity contribution >= 4 is 28.6 Å². The summed E-state index contributed by atoms with van der Waals surface area (Å²) in [5, 5.41) is 1.80. The SMILES string of the molecule is COC(=O)/C=C(/COc1ccc2ccccc2c1C=O)c1ccccc1. The molecular formula is C22H18O4. The molecule has 0 spiro atoms. The summed E-state index contributed by atoms with van der Waals surface area (Å²) >= 11 is 0. The summed E-state index contributed by atoms with van der Waals surface area (Å²) in [6.45, 7) is 0.137. The van der Waals surface area contributed by atoms with Crippen LogP contribution in [0.2, 0.25) is 0 Å². The van der Waals surface area contributed by atoms with Crippen LogP contribution in [0, 0.1) is 0 Å². The van der Waals surface area contributed by atoms with Crippen LogP contribution < -0.4 is 4.74 Å². The van der Waals surface area contributed by atoms with E-state index in [0.717, 1.165) is 22.6 Å². The van der Waals surface area contributed by atoms with E-state index >= 15 is 0 Å². The smallest absolute Gasteiger partial charge is 0.330 e. The number of carbonyl (C=O) groups is 2. The molecule has 0 aliphatic carbocycles. The highest BCUT2D eigenvalue weighted by Gasteiger charge is 2.11. The first-order chi connectivity index (χ1) is 12.7. The third-order valence-electron chi connectivity index (χ3n) is 4.07. The summed E-state index contributed by atoms with van der Waals surface area (Å²) in [6.07, 6.45) is 2.20. The van der Waals surface area contributed by atoms with E-state index in [1.165, 1.54) is 13.2 Å². The average molecular weight is 346 g/mol. The average Bonchev–Trinajstić information content (AvgIpc) is 2.71. The van der Waals surface area contributed by atoms with Gasteiger partial charge in [0.2, 0.25) is 0 Å². The van der Waals surface area contributed by atoms with Gasteiger partial charge in [0.05, 0.1) is 12.7 Å². The first-order valence-corrected chi connectivity index (χ1v) is 8.16. The third-order valence-corrected chi connectivity index (χ3v) is 4.07. The molecule has 0 atom stereocenters. The van der Waals surface area contributed by atoms with Gasteiger partial charge in [0.1, 0.15) is 12.4 Å². The predicted molar refractivity (Wildman–Crippen MR) is 101 cm³/mol. The van der Waals surface area contributed by atoms with Gasteiger partial charge >= 0.3 is 5.97 Å². The van der Waals surface area contributed by atoms with E-state index in [9.17, 15) is 9.59 Å². The lowest BCUT2D eigenvalue weighted by molar-refractivity contribution is -0.134. The van der Waals surface area contributed by atoms with Crippen LogP contribution in [0.25, 0.3) is 16.3 Å². The standard InChI is InChI=1S/C22H18O4/c1-25-22(24)13-18(16-7-3-2-4-8-16)15-26-21-12-11-17-9-5-6-10-19(17)20(21)14-23/h2-14H,15H2,1H3/b18-13-. The number of methoxy groups -OCH3 is 1. The first kappa shape index (κ1) is 17.4. The largest absolute Gasteiger partial charge is 0.488 e. The fraction of sp³-hybridized carbons (Fsp3) is 0.0909. The maximum absolute atomic E-state index is 11.7. The molecule has 0 unspecified atom stereocenters. The molecule has 0 fully saturated rings. The van der Waals surface area contributed by atoms with Gasteiger partial charge in [0.15, 0.2) is 6.29 Å².